The quantitative estimate of drug-likeness (QED) is 0.757. The molecule has 1 aliphatic carbocycles. The van der Waals surface area contributed by atoms with E-state index in [-0.39, 0.29) is 11.2 Å². The van der Waals surface area contributed by atoms with Gasteiger partial charge in [-0.05, 0) is 25.3 Å². The highest BCUT2D eigenvalue weighted by Gasteiger charge is 2.17. The van der Waals surface area contributed by atoms with Gasteiger partial charge in [0, 0.05) is 23.4 Å². The van der Waals surface area contributed by atoms with Gasteiger partial charge in [-0.1, -0.05) is 18.2 Å². The van der Waals surface area contributed by atoms with Gasteiger partial charge in [0.25, 0.3) is 0 Å². The summed E-state index contributed by atoms with van der Waals surface area (Å²) in [5, 5.41) is 21.2. The molecule has 4 nitrogen and oxygen atoms in total. The summed E-state index contributed by atoms with van der Waals surface area (Å²) in [6, 6.07) is 8.83. The molecule has 1 aromatic carbocycles. The first-order valence-electron chi connectivity index (χ1n) is 6.83. The van der Waals surface area contributed by atoms with Crippen LogP contribution in [-0.4, -0.2) is 16.3 Å². The molecule has 0 radical (unpaired) electrons. The van der Waals surface area contributed by atoms with Crippen LogP contribution in [0.5, 0.6) is 0 Å². The van der Waals surface area contributed by atoms with E-state index in [0.717, 1.165) is 10.9 Å². The van der Waals surface area contributed by atoms with Gasteiger partial charge in [0.05, 0.1) is 11.3 Å². The van der Waals surface area contributed by atoms with Crippen molar-refractivity contribution in [2.24, 2.45) is 0 Å². The van der Waals surface area contributed by atoms with E-state index in [9.17, 15) is 15.0 Å². The number of aliphatic hydroxyl groups is 2. The molecule has 0 amide bonds. The van der Waals surface area contributed by atoms with E-state index in [4.69, 9.17) is 4.42 Å². The van der Waals surface area contributed by atoms with Crippen molar-refractivity contribution >= 4 is 16.5 Å². The highest BCUT2D eigenvalue weighted by molar-refractivity contribution is 5.96. The number of benzene rings is 2. The van der Waals surface area contributed by atoms with Crippen molar-refractivity contribution in [3.63, 3.8) is 0 Å². The zero-order valence-corrected chi connectivity index (χ0v) is 11.9. The Morgan fingerprint density at radius 2 is 2.10 bits per heavy atom. The van der Waals surface area contributed by atoms with Crippen molar-refractivity contribution in [3.05, 3.63) is 51.5 Å². The van der Waals surface area contributed by atoms with E-state index >= 15 is 0 Å². The van der Waals surface area contributed by atoms with Gasteiger partial charge in [-0.25, -0.2) is 0 Å². The topological polar surface area (TPSA) is 70.7 Å². The molecular weight excluding hydrogens is 268 g/mol. The monoisotopic (exact) mass is 284 g/mol. The predicted molar refractivity (Wildman–Crippen MR) is 81.4 cm³/mol. The summed E-state index contributed by atoms with van der Waals surface area (Å²) in [6.07, 6.45) is -0.132. The van der Waals surface area contributed by atoms with Crippen LogP contribution in [0.3, 0.4) is 0 Å². The fourth-order valence-electron chi connectivity index (χ4n) is 2.76. The number of rotatable bonds is 2. The normalized spacial score (nSPS) is 14.6. The largest absolute Gasteiger partial charge is 0.512 e. The van der Waals surface area contributed by atoms with Gasteiger partial charge in [0.15, 0.2) is 5.43 Å². The molecule has 0 bridgehead atoms. The van der Waals surface area contributed by atoms with E-state index in [1.807, 2.05) is 18.2 Å². The minimum atomic E-state index is -0.518. The van der Waals surface area contributed by atoms with Crippen molar-refractivity contribution in [2.75, 3.05) is 0 Å². The lowest BCUT2D eigenvalue weighted by molar-refractivity contribution is 0.187. The van der Waals surface area contributed by atoms with E-state index in [1.165, 1.54) is 13.0 Å². The molecule has 3 rings (SSSR count). The Morgan fingerprint density at radius 1 is 1.33 bits per heavy atom. The Hall–Kier alpha value is -2.33. The minimum Gasteiger partial charge on any atom is -0.512 e. The fourth-order valence-corrected chi connectivity index (χ4v) is 2.76. The molecular formula is C17H16O4. The standard InChI is InChI=1S/C17H16O4/c1-9(18)6-12-7-11-4-3-5-13-16(10(2)19)14(20)8-15(21-12)17(11)13/h3-5,7-9,18-19H,6H2,1-2H3/b16-10-/t9-/m0/s1. The van der Waals surface area contributed by atoms with Crippen LogP contribution in [0.25, 0.3) is 27.9 Å². The van der Waals surface area contributed by atoms with E-state index < -0.39 is 6.10 Å². The summed E-state index contributed by atoms with van der Waals surface area (Å²) in [4.78, 5) is 12.2. The molecule has 4 heteroatoms. The number of hydrogen-bond donors (Lipinski definition) is 2. The van der Waals surface area contributed by atoms with Crippen molar-refractivity contribution in [1.82, 2.24) is 0 Å². The van der Waals surface area contributed by atoms with Crippen LogP contribution in [0.2, 0.25) is 0 Å². The first-order chi connectivity index (χ1) is 9.97. The Bertz CT molecular complexity index is 885. The molecule has 1 atom stereocenters. The van der Waals surface area contributed by atoms with Crippen molar-refractivity contribution in [1.29, 1.82) is 0 Å². The van der Waals surface area contributed by atoms with Crippen LogP contribution in [0, 0.1) is 0 Å². The Kier molecular flexibility index (Phi) is 3.18. The van der Waals surface area contributed by atoms with Crippen molar-refractivity contribution < 1.29 is 14.6 Å². The van der Waals surface area contributed by atoms with Crippen molar-refractivity contribution in [2.45, 2.75) is 26.4 Å². The molecule has 1 aromatic rings. The zero-order chi connectivity index (χ0) is 15.1. The first kappa shape index (κ1) is 13.6. The Morgan fingerprint density at radius 3 is 2.76 bits per heavy atom. The number of aliphatic hydroxyl groups excluding tert-OH is 2. The second kappa shape index (κ2) is 4.90. The SMILES string of the molecule is C/C(O)=c1/c(=O)cc2oc(C[C@H](C)O)cc3cccc1c3-2. The maximum Gasteiger partial charge on any atom is 0.193 e. The Balaban J connectivity index is 2.46. The third-order valence-corrected chi connectivity index (χ3v) is 3.54. The smallest absolute Gasteiger partial charge is 0.193 e. The Labute approximate surface area is 121 Å². The maximum absolute atomic E-state index is 12.2. The fraction of sp³-hybridized carbons (Fsp3) is 0.235. The first-order valence-corrected chi connectivity index (χ1v) is 6.83. The summed E-state index contributed by atoms with van der Waals surface area (Å²) < 4.78 is 5.74. The molecule has 0 spiro atoms. The zero-order valence-electron chi connectivity index (χ0n) is 11.9. The maximum atomic E-state index is 12.2. The van der Waals surface area contributed by atoms with Crippen molar-refractivity contribution in [3.8, 4) is 11.3 Å². The van der Waals surface area contributed by atoms with Gasteiger partial charge in [-0.15, -0.1) is 0 Å². The third-order valence-electron chi connectivity index (χ3n) is 3.54. The summed E-state index contributed by atoms with van der Waals surface area (Å²) in [7, 11) is 0. The lowest BCUT2D eigenvalue weighted by Gasteiger charge is -2.14. The van der Waals surface area contributed by atoms with E-state index in [1.54, 1.807) is 13.0 Å². The van der Waals surface area contributed by atoms with Crippen LogP contribution < -0.4 is 10.6 Å². The minimum absolute atomic E-state index is 0.00227. The van der Waals surface area contributed by atoms with Gasteiger partial charge in [-0.3, -0.25) is 4.79 Å². The average molecular weight is 284 g/mol. The molecule has 21 heavy (non-hydrogen) atoms. The van der Waals surface area contributed by atoms with Crippen LogP contribution in [0.1, 0.15) is 19.6 Å². The molecule has 1 aliphatic heterocycles. The molecule has 0 aromatic heterocycles. The van der Waals surface area contributed by atoms with Gasteiger partial charge in [-0.2, -0.15) is 0 Å². The van der Waals surface area contributed by atoms with Crippen LogP contribution in [0.4, 0.5) is 0 Å². The van der Waals surface area contributed by atoms with E-state index in [0.29, 0.717) is 28.5 Å². The number of hydrogen-bond acceptors (Lipinski definition) is 4. The van der Waals surface area contributed by atoms with Gasteiger partial charge >= 0.3 is 0 Å². The average Bonchev–Trinajstić information content (AvgIpc) is 2.36. The van der Waals surface area contributed by atoms with Crippen LogP contribution >= 0.6 is 0 Å². The summed E-state index contributed by atoms with van der Waals surface area (Å²) >= 11 is 0. The predicted octanol–water partition coefficient (Wildman–Crippen LogP) is 2.23. The second-order valence-electron chi connectivity index (χ2n) is 5.37. The highest BCUT2D eigenvalue weighted by Crippen LogP contribution is 2.31. The van der Waals surface area contributed by atoms with Gasteiger partial charge in [0.1, 0.15) is 17.3 Å². The molecule has 0 saturated carbocycles. The third kappa shape index (κ3) is 2.28. The highest BCUT2D eigenvalue weighted by atomic mass is 16.3. The molecule has 2 aliphatic rings. The lowest BCUT2D eigenvalue weighted by Crippen LogP contribution is -2.27. The second-order valence-corrected chi connectivity index (χ2v) is 5.37. The van der Waals surface area contributed by atoms with Crippen LogP contribution in [-0.2, 0) is 6.42 Å². The summed E-state index contributed by atoms with van der Waals surface area (Å²) in [5.74, 6) is 1.11. The van der Waals surface area contributed by atoms with Crippen LogP contribution in [0.15, 0.2) is 39.5 Å². The molecule has 0 fully saturated rings. The van der Waals surface area contributed by atoms with Gasteiger partial charge < -0.3 is 14.6 Å². The summed E-state index contributed by atoms with van der Waals surface area (Å²) in [5.41, 5.74) is 0.544. The molecule has 108 valence electrons. The molecule has 0 saturated heterocycles. The van der Waals surface area contributed by atoms with Gasteiger partial charge in [0.2, 0.25) is 0 Å². The molecule has 2 N–H and O–H groups in total. The molecule has 0 unspecified atom stereocenters. The lowest BCUT2D eigenvalue weighted by atomic mass is 9.96. The van der Waals surface area contributed by atoms with E-state index in [2.05, 4.69) is 0 Å². The summed E-state index contributed by atoms with van der Waals surface area (Å²) in [6.45, 7) is 3.19. The molecule has 1 heterocycles.